The summed E-state index contributed by atoms with van der Waals surface area (Å²) in [6.45, 7) is 6.73. The number of imide groups is 1. The van der Waals surface area contributed by atoms with Crippen LogP contribution in [0.5, 0.6) is 11.5 Å². The third kappa shape index (κ3) is 5.46. The molecule has 1 atom stereocenters. The first-order valence-corrected chi connectivity index (χ1v) is 11.5. The lowest BCUT2D eigenvalue weighted by Gasteiger charge is -2.16. The Bertz CT molecular complexity index is 958. The van der Waals surface area contributed by atoms with Crippen LogP contribution in [0, 0.1) is 0 Å². The second kappa shape index (κ2) is 10.2. The smallest absolute Gasteiger partial charge is 0.293 e. The van der Waals surface area contributed by atoms with Crippen LogP contribution in [0.15, 0.2) is 51.8 Å². The van der Waals surface area contributed by atoms with E-state index in [-0.39, 0.29) is 23.8 Å². The Morgan fingerprint density at radius 2 is 1.83 bits per heavy atom. The Morgan fingerprint density at radius 1 is 1.10 bits per heavy atom. The summed E-state index contributed by atoms with van der Waals surface area (Å²) in [6.07, 6.45) is 2.69. The highest BCUT2D eigenvalue weighted by atomic mass is 79.9. The summed E-state index contributed by atoms with van der Waals surface area (Å²) in [4.78, 5) is 26.9. The van der Waals surface area contributed by atoms with Crippen molar-refractivity contribution in [1.82, 2.24) is 4.90 Å². The Kier molecular flexibility index (Phi) is 7.61. The summed E-state index contributed by atoms with van der Waals surface area (Å²) in [5.41, 5.74) is 1.68. The maximum absolute atomic E-state index is 12.8. The van der Waals surface area contributed by atoms with Gasteiger partial charge in [0.25, 0.3) is 11.1 Å². The molecule has 1 aliphatic rings. The summed E-state index contributed by atoms with van der Waals surface area (Å²) < 4.78 is 12.6. The number of benzene rings is 2. The predicted octanol–water partition coefficient (Wildman–Crippen LogP) is 6.26. The highest BCUT2D eigenvalue weighted by Crippen LogP contribution is 2.35. The topological polar surface area (TPSA) is 55.8 Å². The highest BCUT2D eigenvalue weighted by molar-refractivity contribution is 9.10. The molecule has 30 heavy (non-hydrogen) atoms. The molecule has 2 amide bonds. The van der Waals surface area contributed by atoms with Gasteiger partial charge in [-0.3, -0.25) is 14.5 Å². The van der Waals surface area contributed by atoms with E-state index in [1.807, 2.05) is 56.3 Å². The van der Waals surface area contributed by atoms with Gasteiger partial charge >= 0.3 is 0 Å². The first-order chi connectivity index (χ1) is 14.4. The summed E-state index contributed by atoms with van der Waals surface area (Å²) in [5, 5.41) is -0.268. The van der Waals surface area contributed by atoms with Gasteiger partial charge in [-0.2, -0.15) is 0 Å². The number of halogens is 1. The van der Waals surface area contributed by atoms with Gasteiger partial charge in [0.05, 0.1) is 24.2 Å². The zero-order valence-corrected chi connectivity index (χ0v) is 19.6. The average Bonchev–Trinajstić information content (AvgIpc) is 2.99. The van der Waals surface area contributed by atoms with Gasteiger partial charge in [-0.25, -0.2) is 0 Å². The molecule has 1 fully saturated rings. The molecule has 0 spiro atoms. The van der Waals surface area contributed by atoms with Crippen molar-refractivity contribution < 1.29 is 19.1 Å². The molecular formula is C23H24BrNO4S. The van der Waals surface area contributed by atoms with Crippen molar-refractivity contribution in [2.24, 2.45) is 0 Å². The zero-order valence-electron chi connectivity index (χ0n) is 17.2. The van der Waals surface area contributed by atoms with Gasteiger partial charge in [-0.05, 0) is 73.5 Å². The third-order valence-electron chi connectivity index (χ3n) is 4.60. The summed E-state index contributed by atoms with van der Waals surface area (Å²) in [6, 6.07) is 13.1. The van der Waals surface area contributed by atoms with Crippen LogP contribution in [0.4, 0.5) is 4.79 Å². The van der Waals surface area contributed by atoms with E-state index in [4.69, 9.17) is 9.47 Å². The summed E-state index contributed by atoms with van der Waals surface area (Å²) in [5.74, 6) is 1.01. The molecule has 0 aromatic heterocycles. The van der Waals surface area contributed by atoms with E-state index in [0.717, 1.165) is 33.8 Å². The average molecular weight is 490 g/mol. The number of rotatable bonds is 8. The molecule has 2 aromatic carbocycles. The number of nitrogens with zero attached hydrogens (tertiary/aromatic N) is 1. The van der Waals surface area contributed by atoms with E-state index in [2.05, 4.69) is 22.9 Å². The Hall–Kier alpha value is -2.25. The van der Waals surface area contributed by atoms with Crippen molar-refractivity contribution in [2.75, 3.05) is 6.61 Å². The molecule has 7 heteroatoms. The van der Waals surface area contributed by atoms with E-state index >= 15 is 0 Å². The van der Waals surface area contributed by atoms with Gasteiger partial charge in [0, 0.05) is 4.47 Å². The number of carbonyl (C=O) groups is 2. The van der Waals surface area contributed by atoms with Crippen LogP contribution in [-0.2, 0) is 11.3 Å². The quantitative estimate of drug-likeness (QED) is 0.409. The van der Waals surface area contributed by atoms with Crippen molar-refractivity contribution in [2.45, 2.75) is 39.8 Å². The summed E-state index contributed by atoms with van der Waals surface area (Å²) >= 11 is 4.34. The second-order valence-corrected chi connectivity index (χ2v) is 8.78. The lowest BCUT2D eigenvalue weighted by Crippen LogP contribution is -2.27. The molecule has 1 saturated heterocycles. The molecule has 0 aliphatic carbocycles. The predicted molar refractivity (Wildman–Crippen MR) is 124 cm³/mol. The monoisotopic (exact) mass is 489 g/mol. The first-order valence-electron chi connectivity index (χ1n) is 9.84. The molecule has 5 nitrogen and oxygen atoms in total. The van der Waals surface area contributed by atoms with Gasteiger partial charge in [0.1, 0.15) is 0 Å². The largest absolute Gasteiger partial charge is 0.490 e. The van der Waals surface area contributed by atoms with E-state index in [1.165, 1.54) is 4.90 Å². The Balaban J connectivity index is 1.80. The SMILES string of the molecule is CCOc1cc(/C=C2\SC(=O)N(Cc3ccc(Br)cc3)C2=O)ccc1OC(C)CC. The van der Waals surface area contributed by atoms with Crippen LogP contribution in [0.3, 0.4) is 0 Å². The van der Waals surface area contributed by atoms with Crippen molar-refractivity contribution in [3.05, 3.63) is 63.0 Å². The van der Waals surface area contributed by atoms with Gasteiger partial charge in [0.15, 0.2) is 11.5 Å². The van der Waals surface area contributed by atoms with Crippen molar-refractivity contribution >= 4 is 44.9 Å². The molecule has 1 unspecified atom stereocenters. The highest BCUT2D eigenvalue weighted by Gasteiger charge is 2.35. The lowest BCUT2D eigenvalue weighted by molar-refractivity contribution is -0.123. The fourth-order valence-electron chi connectivity index (χ4n) is 2.84. The van der Waals surface area contributed by atoms with E-state index in [0.29, 0.717) is 23.0 Å². The molecule has 3 rings (SSSR count). The van der Waals surface area contributed by atoms with Crippen LogP contribution >= 0.6 is 27.7 Å². The fraction of sp³-hybridized carbons (Fsp3) is 0.304. The van der Waals surface area contributed by atoms with Gasteiger partial charge < -0.3 is 9.47 Å². The van der Waals surface area contributed by atoms with Crippen molar-refractivity contribution in [1.29, 1.82) is 0 Å². The van der Waals surface area contributed by atoms with E-state index in [9.17, 15) is 9.59 Å². The van der Waals surface area contributed by atoms with Crippen LogP contribution in [0.25, 0.3) is 6.08 Å². The maximum atomic E-state index is 12.8. The summed E-state index contributed by atoms with van der Waals surface area (Å²) in [7, 11) is 0. The number of amides is 2. The molecule has 2 aromatic rings. The molecule has 1 aliphatic heterocycles. The zero-order chi connectivity index (χ0) is 21.7. The van der Waals surface area contributed by atoms with Crippen LogP contribution in [0.1, 0.15) is 38.3 Å². The maximum Gasteiger partial charge on any atom is 0.293 e. The molecule has 0 bridgehead atoms. The lowest BCUT2D eigenvalue weighted by atomic mass is 10.1. The minimum atomic E-state index is -0.286. The minimum absolute atomic E-state index is 0.0742. The number of thioether (sulfide) groups is 1. The van der Waals surface area contributed by atoms with Crippen molar-refractivity contribution in [3.63, 3.8) is 0 Å². The fourth-order valence-corrected chi connectivity index (χ4v) is 3.94. The standard InChI is InChI=1S/C23H24BrNO4S/c1-4-15(3)29-19-11-8-17(12-20(19)28-5-2)13-21-22(26)25(23(27)30-21)14-16-6-9-18(24)10-7-16/h6-13,15H,4-5,14H2,1-3H3/b21-13-. The van der Waals surface area contributed by atoms with E-state index < -0.39 is 0 Å². The Morgan fingerprint density at radius 3 is 2.50 bits per heavy atom. The van der Waals surface area contributed by atoms with Crippen molar-refractivity contribution in [3.8, 4) is 11.5 Å². The van der Waals surface area contributed by atoms with Gasteiger partial charge in [-0.1, -0.05) is 41.1 Å². The molecule has 0 radical (unpaired) electrons. The normalized spacial score (nSPS) is 16.3. The molecule has 158 valence electrons. The molecule has 0 N–H and O–H groups in total. The van der Waals surface area contributed by atoms with Gasteiger partial charge in [-0.15, -0.1) is 0 Å². The number of hydrogen-bond donors (Lipinski definition) is 0. The minimum Gasteiger partial charge on any atom is -0.490 e. The molecule has 1 heterocycles. The van der Waals surface area contributed by atoms with Gasteiger partial charge in [0.2, 0.25) is 0 Å². The molecule has 0 saturated carbocycles. The number of hydrogen-bond acceptors (Lipinski definition) is 5. The Labute approximate surface area is 189 Å². The van der Waals surface area contributed by atoms with E-state index in [1.54, 1.807) is 6.08 Å². The first kappa shape index (κ1) is 22.4. The number of carbonyl (C=O) groups excluding carboxylic acids is 2. The third-order valence-corrected chi connectivity index (χ3v) is 6.03. The number of ether oxygens (including phenoxy) is 2. The second-order valence-electron chi connectivity index (χ2n) is 6.87. The molecular weight excluding hydrogens is 466 g/mol. The van der Waals surface area contributed by atoms with Crippen LogP contribution in [0.2, 0.25) is 0 Å². The van der Waals surface area contributed by atoms with Crippen LogP contribution in [-0.4, -0.2) is 28.8 Å². The van der Waals surface area contributed by atoms with Crippen LogP contribution < -0.4 is 9.47 Å².